The van der Waals surface area contributed by atoms with Gasteiger partial charge in [-0.1, -0.05) is 26.2 Å². The molecule has 0 aliphatic heterocycles. The van der Waals surface area contributed by atoms with Crippen LogP contribution < -0.4 is 5.32 Å². The Bertz CT molecular complexity index is 365. The molecule has 1 aromatic rings. The van der Waals surface area contributed by atoms with Gasteiger partial charge in [0.15, 0.2) is 0 Å². The number of hydrogen-bond donors (Lipinski definition) is 1. The molecular formula is C18H31NOS. The van der Waals surface area contributed by atoms with E-state index in [1.165, 1.54) is 56.9 Å². The third-order valence-electron chi connectivity index (χ3n) is 4.71. The highest BCUT2D eigenvalue weighted by molar-refractivity contribution is 7.07. The minimum Gasteiger partial charge on any atom is -0.374 e. The van der Waals surface area contributed by atoms with E-state index in [9.17, 15) is 0 Å². The van der Waals surface area contributed by atoms with Crippen molar-refractivity contribution < 1.29 is 4.74 Å². The number of rotatable bonds is 9. The Hall–Kier alpha value is -0.380. The molecule has 2 nitrogen and oxygen atoms in total. The second-order valence-corrected chi connectivity index (χ2v) is 7.02. The quantitative estimate of drug-likeness (QED) is 0.708. The highest BCUT2D eigenvalue weighted by Crippen LogP contribution is 2.36. The van der Waals surface area contributed by atoms with Crippen molar-refractivity contribution in [3.8, 4) is 0 Å². The average Bonchev–Trinajstić information content (AvgIpc) is 3.02. The Morgan fingerprint density at radius 1 is 1.29 bits per heavy atom. The first kappa shape index (κ1) is 17.0. The van der Waals surface area contributed by atoms with Crippen molar-refractivity contribution in [2.45, 2.75) is 76.9 Å². The first-order valence-electron chi connectivity index (χ1n) is 8.69. The first-order valence-corrected chi connectivity index (χ1v) is 9.63. The smallest absolute Gasteiger partial charge is 0.0834 e. The maximum Gasteiger partial charge on any atom is 0.0834 e. The monoisotopic (exact) mass is 309 g/mol. The van der Waals surface area contributed by atoms with Crippen molar-refractivity contribution >= 4 is 11.3 Å². The zero-order valence-electron chi connectivity index (χ0n) is 13.7. The fourth-order valence-electron chi connectivity index (χ4n) is 3.65. The molecule has 1 heterocycles. The molecular weight excluding hydrogens is 278 g/mol. The minimum atomic E-state index is 0.0815. The normalized spacial score (nSPS) is 19.5. The Kier molecular flexibility index (Phi) is 7.21. The summed E-state index contributed by atoms with van der Waals surface area (Å²) < 4.78 is 6.34. The summed E-state index contributed by atoms with van der Waals surface area (Å²) in [5, 5.41) is 8.27. The van der Waals surface area contributed by atoms with E-state index in [4.69, 9.17) is 4.74 Å². The van der Waals surface area contributed by atoms with Gasteiger partial charge in [-0.05, 0) is 68.0 Å². The summed E-state index contributed by atoms with van der Waals surface area (Å²) in [5.41, 5.74) is 1.56. The van der Waals surface area contributed by atoms with Gasteiger partial charge in [0, 0.05) is 12.6 Å². The number of ether oxygens (including phenoxy) is 1. The zero-order chi connectivity index (χ0) is 15.0. The topological polar surface area (TPSA) is 21.3 Å². The van der Waals surface area contributed by atoms with Crippen LogP contribution in [0.25, 0.3) is 0 Å². The van der Waals surface area contributed by atoms with E-state index in [1.807, 2.05) is 0 Å². The summed E-state index contributed by atoms with van der Waals surface area (Å²) >= 11 is 1.80. The zero-order valence-corrected chi connectivity index (χ0v) is 14.5. The lowest BCUT2D eigenvalue weighted by atomic mass is 9.77. The van der Waals surface area contributed by atoms with Crippen LogP contribution >= 0.6 is 11.3 Å². The van der Waals surface area contributed by atoms with E-state index in [2.05, 4.69) is 36.0 Å². The molecule has 120 valence electrons. The molecule has 1 unspecified atom stereocenters. The number of aryl methyl sites for hydroxylation is 1. The summed E-state index contributed by atoms with van der Waals surface area (Å²) in [6.07, 6.45) is 10.0. The van der Waals surface area contributed by atoms with Crippen LogP contribution in [-0.4, -0.2) is 24.8 Å². The van der Waals surface area contributed by atoms with Gasteiger partial charge in [-0.15, -0.1) is 0 Å². The highest BCUT2D eigenvalue weighted by atomic mass is 32.1. The standard InChI is InChI=1S/C18H31NOS/c1-3-13-19-17(9-8-16-10-14-21-15-16)18(20-4-2)11-6-5-7-12-18/h10,14-15,17,19H,3-9,11-13H2,1-2H3. The molecule has 21 heavy (non-hydrogen) atoms. The predicted octanol–water partition coefficient (Wildman–Crippen LogP) is 4.79. The third kappa shape index (κ3) is 4.80. The molecule has 1 atom stereocenters. The van der Waals surface area contributed by atoms with Gasteiger partial charge < -0.3 is 10.1 Å². The minimum absolute atomic E-state index is 0.0815. The van der Waals surface area contributed by atoms with Crippen LogP contribution in [0.2, 0.25) is 0 Å². The van der Waals surface area contributed by atoms with Crippen LogP contribution in [0, 0.1) is 0 Å². The Morgan fingerprint density at radius 2 is 2.10 bits per heavy atom. The fraction of sp³-hybridized carbons (Fsp3) is 0.778. The van der Waals surface area contributed by atoms with E-state index < -0.39 is 0 Å². The Balaban J connectivity index is 2.03. The Labute approximate surface area is 134 Å². The van der Waals surface area contributed by atoms with Crippen molar-refractivity contribution in [1.82, 2.24) is 5.32 Å². The molecule has 0 aromatic carbocycles. The molecule has 0 amide bonds. The summed E-state index contributed by atoms with van der Waals surface area (Å²) in [4.78, 5) is 0. The fourth-order valence-corrected chi connectivity index (χ4v) is 4.35. The molecule has 1 saturated carbocycles. The van der Waals surface area contributed by atoms with Gasteiger partial charge in [-0.25, -0.2) is 0 Å². The van der Waals surface area contributed by atoms with Crippen LogP contribution in [0.1, 0.15) is 64.4 Å². The maximum atomic E-state index is 6.34. The molecule has 0 spiro atoms. The predicted molar refractivity (Wildman–Crippen MR) is 92.2 cm³/mol. The Morgan fingerprint density at radius 3 is 2.71 bits per heavy atom. The van der Waals surface area contributed by atoms with E-state index in [0.717, 1.165) is 13.2 Å². The summed E-state index contributed by atoms with van der Waals surface area (Å²) in [7, 11) is 0. The van der Waals surface area contributed by atoms with Gasteiger partial charge in [0.05, 0.1) is 5.60 Å². The number of thiophene rings is 1. The van der Waals surface area contributed by atoms with Crippen LogP contribution in [-0.2, 0) is 11.2 Å². The van der Waals surface area contributed by atoms with Crippen LogP contribution in [0.15, 0.2) is 16.8 Å². The lowest BCUT2D eigenvalue weighted by Gasteiger charge is -2.44. The molecule has 1 fully saturated rings. The summed E-state index contributed by atoms with van der Waals surface area (Å²) in [6, 6.07) is 2.76. The third-order valence-corrected chi connectivity index (χ3v) is 5.44. The molecule has 1 N–H and O–H groups in total. The van der Waals surface area contributed by atoms with Gasteiger partial charge in [0.2, 0.25) is 0 Å². The molecule has 2 rings (SSSR count). The van der Waals surface area contributed by atoms with Gasteiger partial charge in [-0.3, -0.25) is 0 Å². The van der Waals surface area contributed by atoms with E-state index in [1.54, 1.807) is 11.3 Å². The molecule has 3 heteroatoms. The lowest BCUT2D eigenvalue weighted by molar-refractivity contribution is -0.0913. The van der Waals surface area contributed by atoms with Crippen molar-refractivity contribution in [2.75, 3.05) is 13.2 Å². The number of hydrogen-bond acceptors (Lipinski definition) is 3. The second-order valence-electron chi connectivity index (χ2n) is 6.24. The van der Waals surface area contributed by atoms with Gasteiger partial charge in [0.1, 0.15) is 0 Å². The van der Waals surface area contributed by atoms with Crippen molar-refractivity contribution in [2.24, 2.45) is 0 Å². The van der Waals surface area contributed by atoms with Gasteiger partial charge in [-0.2, -0.15) is 11.3 Å². The van der Waals surface area contributed by atoms with Crippen molar-refractivity contribution in [3.05, 3.63) is 22.4 Å². The van der Waals surface area contributed by atoms with Crippen molar-refractivity contribution in [1.29, 1.82) is 0 Å². The summed E-state index contributed by atoms with van der Waals surface area (Å²) in [5.74, 6) is 0. The van der Waals surface area contributed by atoms with E-state index >= 15 is 0 Å². The van der Waals surface area contributed by atoms with E-state index in [-0.39, 0.29) is 5.60 Å². The first-order chi connectivity index (χ1) is 10.3. The van der Waals surface area contributed by atoms with Crippen molar-refractivity contribution in [3.63, 3.8) is 0 Å². The van der Waals surface area contributed by atoms with Crippen LogP contribution in [0.3, 0.4) is 0 Å². The number of nitrogens with one attached hydrogen (secondary N) is 1. The largest absolute Gasteiger partial charge is 0.374 e. The molecule has 1 aliphatic rings. The maximum absolute atomic E-state index is 6.34. The SMILES string of the molecule is CCCNC(CCc1ccsc1)C1(OCC)CCCCC1. The van der Waals surface area contributed by atoms with E-state index in [0.29, 0.717) is 6.04 Å². The molecule has 0 radical (unpaired) electrons. The molecule has 0 saturated heterocycles. The molecule has 0 bridgehead atoms. The van der Waals surface area contributed by atoms with Gasteiger partial charge >= 0.3 is 0 Å². The van der Waals surface area contributed by atoms with Gasteiger partial charge in [0.25, 0.3) is 0 Å². The lowest BCUT2D eigenvalue weighted by Crippen LogP contribution is -2.54. The molecule has 1 aromatic heterocycles. The van der Waals surface area contributed by atoms with Crippen LogP contribution in [0.5, 0.6) is 0 Å². The highest BCUT2D eigenvalue weighted by Gasteiger charge is 2.39. The molecule has 1 aliphatic carbocycles. The van der Waals surface area contributed by atoms with Crippen LogP contribution in [0.4, 0.5) is 0 Å². The summed E-state index contributed by atoms with van der Waals surface area (Å²) in [6.45, 7) is 6.33. The second kappa shape index (κ2) is 8.92. The average molecular weight is 310 g/mol.